The highest BCUT2D eigenvalue weighted by Gasteiger charge is 2.22. The van der Waals surface area contributed by atoms with Gasteiger partial charge in [-0.1, -0.05) is 6.42 Å². The number of nitrogens with one attached hydrogen (secondary N) is 1. The van der Waals surface area contributed by atoms with E-state index in [-0.39, 0.29) is 18.0 Å². The number of unbranched alkanes of at least 4 members (excludes halogenated alkanes) is 2. The Hall–Kier alpha value is -1.10. The Bertz CT molecular complexity index is 249. The number of hydrogen-bond acceptors (Lipinski definition) is 4. The Labute approximate surface area is 102 Å². The minimum Gasteiger partial charge on any atom is -0.469 e. The summed E-state index contributed by atoms with van der Waals surface area (Å²) in [4.78, 5) is 22.3. The van der Waals surface area contributed by atoms with E-state index in [1.165, 1.54) is 7.11 Å². The van der Waals surface area contributed by atoms with Crippen molar-refractivity contribution in [1.29, 1.82) is 0 Å². The molecule has 1 aliphatic heterocycles. The molecule has 5 heteroatoms. The van der Waals surface area contributed by atoms with Gasteiger partial charge in [-0.2, -0.15) is 0 Å². The second kappa shape index (κ2) is 8.06. The van der Waals surface area contributed by atoms with Crippen molar-refractivity contribution >= 4 is 11.9 Å². The second-order valence-corrected chi connectivity index (χ2v) is 4.18. The second-order valence-electron chi connectivity index (χ2n) is 4.18. The SMILES string of the molecule is COC(=O)CCCCCNC(=O)[C@H]1CCCO1. The Kier molecular flexibility index (Phi) is 6.62. The molecule has 1 rings (SSSR count). The molecular formula is C12H21NO4. The number of carbonyl (C=O) groups is 2. The number of hydrogen-bond donors (Lipinski definition) is 1. The van der Waals surface area contributed by atoms with Gasteiger partial charge in [-0.15, -0.1) is 0 Å². The van der Waals surface area contributed by atoms with Crippen molar-refractivity contribution in [2.24, 2.45) is 0 Å². The summed E-state index contributed by atoms with van der Waals surface area (Å²) in [5, 5.41) is 2.85. The third-order valence-corrected chi connectivity index (χ3v) is 2.81. The van der Waals surface area contributed by atoms with Crippen LogP contribution in [0.1, 0.15) is 38.5 Å². The number of esters is 1. The zero-order valence-corrected chi connectivity index (χ0v) is 10.4. The van der Waals surface area contributed by atoms with Gasteiger partial charge in [0.15, 0.2) is 0 Å². The van der Waals surface area contributed by atoms with Crippen LogP contribution in [0.5, 0.6) is 0 Å². The van der Waals surface area contributed by atoms with E-state index in [0.29, 0.717) is 19.6 Å². The molecule has 0 unspecified atom stereocenters. The van der Waals surface area contributed by atoms with Crippen molar-refractivity contribution in [2.45, 2.75) is 44.6 Å². The highest BCUT2D eigenvalue weighted by Crippen LogP contribution is 2.11. The van der Waals surface area contributed by atoms with Gasteiger partial charge in [0.2, 0.25) is 5.91 Å². The maximum Gasteiger partial charge on any atom is 0.305 e. The monoisotopic (exact) mass is 243 g/mol. The lowest BCUT2D eigenvalue weighted by atomic mass is 10.2. The summed E-state index contributed by atoms with van der Waals surface area (Å²) in [6, 6.07) is 0. The molecule has 17 heavy (non-hydrogen) atoms. The summed E-state index contributed by atoms with van der Waals surface area (Å²) >= 11 is 0. The van der Waals surface area contributed by atoms with Crippen molar-refractivity contribution in [3.63, 3.8) is 0 Å². The molecule has 98 valence electrons. The normalized spacial score (nSPS) is 19.0. The molecule has 0 aromatic carbocycles. The Balaban J connectivity index is 1.93. The topological polar surface area (TPSA) is 64.6 Å². The molecule has 5 nitrogen and oxygen atoms in total. The van der Waals surface area contributed by atoms with E-state index in [0.717, 1.165) is 32.1 Å². The van der Waals surface area contributed by atoms with Crippen LogP contribution in [0.25, 0.3) is 0 Å². The van der Waals surface area contributed by atoms with E-state index in [1.807, 2.05) is 0 Å². The molecule has 1 atom stereocenters. The maximum absolute atomic E-state index is 11.5. The highest BCUT2D eigenvalue weighted by atomic mass is 16.5. The average molecular weight is 243 g/mol. The summed E-state index contributed by atoms with van der Waals surface area (Å²) in [5.74, 6) is -0.177. The molecular weight excluding hydrogens is 222 g/mol. The minimum absolute atomic E-state index is 0.00420. The van der Waals surface area contributed by atoms with Crippen molar-refractivity contribution in [2.75, 3.05) is 20.3 Å². The van der Waals surface area contributed by atoms with E-state index < -0.39 is 0 Å². The van der Waals surface area contributed by atoms with E-state index in [9.17, 15) is 9.59 Å². The van der Waals surface area contributed by atoms with Crippen LogP contribution >= 0.6 is 0 Å². The molecule has 0 aliphatic carbocycles. The molecule has 0 bridgehead atoms. The lowest BCUT2D eigenvalue weighted by Crippen LogP contribution is -2.34. The van der Waals surface area contributed by atoms with Gasteiger partial charge >= 0.3 is 5.97 Å². The fraction of sp³-hybridized carbons (Fsp3) is 0.833. The predicted octanol–water partition coefficient (Wildman–Crippen LogP) is 1.01. The van der Waals surface area contributed by atoms with Crippen LogP contribution in [0.15, 0.2) is 0 Å². The molecule has 0 spiro atoms. The van der Waals surface area contributed by atoms with Crippen LogP contribution in [-0.2, 0) is 19.1 Å². The fourth-order valence-corrected chi connectivity index (χ4v) is 1.78. The molecule has 0 saturated carbocycles. The number of ether oxygens (including phenoxy) is 2. The molecule has 1 amide bonds. The van der Waals surface area contributed by atoms with Gasteiger partial charge in [0.25, 0.3) is 0 Å². The van der Waals surface area contributed by atoms with Crippen LogP contribution < -0.4 is 5.32 Å². The van der Waals surface area contributed by atoms with Gasteiger partial charge in [0.1, 0.15) is 6.10 Å². The highest BCUT2D eigenvalue weighted by molar-refractivity contribution is 5.80. The zero-order chi connectivity index (χ0) is 12.5. The lowest BCUT2D eigenvalue weighted by Gasteiger charge is -2.09. The lowest BCUT2D eigenvalue weighted by molar-refractivity contribution is -0.140. The van der Waals surface area contributed by atoms with Gasteiger partial charge in [0, 0.05) is 19.6 Å². The summed E-state index contributed by atoms with van der Waals surface area (Å²) in [6.45, 7) is 1.34. The van der Waals surface area contributed by atoms with Gasteiger partial charge in [-0.3, -0.25) is 9.59 Å². The standard InChI is InChI=1S/C12H21NO4/c1-16-11(14)7-3-2-4-8-13-12(15)10-6-5-9-17-10/h10H,2-9H2,1H3,(H,13,15)/t10-/m1/s1. The number of amides is 1. The Morgan fingerprint density at radius 3 is 2.82 bits per heavy atom. The molecule has 1 saturated heterocycles. The Morgan fingerprint density at radius 1 is 1.35 bits per heavy atom. The molecule has 1 fully saturated rings. The van der Waals surface area contributed by atoms with Gasteiger partial charge in [-0.25, -0.2) is 0 Å². The van der Waals surface area contributed by atoms with Crippen LogP contribution in [0.2, 0.25) is 0 Å². The molecule has 0 aromatic heterocycles. The smallest absolute Gasteiger partial charge is 0.305 e. The van der Waals surface area contributed by atoms with E-state index in [2.05, 4.69) is 10.1 Å². The predicted molar refractivity (Wildman–Crippen MR) is 62.5 cm³/mol. The fourth-order valence-electron chi connectivity index (χ4n) is 1.78. The molecule has 1 aliphatic rings. The first-order valence-corrected chi connectivity index (χ1v) is 6.20. The summed E-state index contributed by atoms with van der Waals surface area (Å²) in [5.41, 5.74) is 0. The third-order valence-electron chi connectivity index (χ3n) is 2.81. The van der Waals surface area contributed by atoms with E-state index in [4.69, 9.17) is 4.74 Å². The average Bonchev–Trinajstić information content (AvgIpc) is 2.86. The molecule has 0 aromatic rings. The van der Waals surface area contributed by atoms with Gasteiger partial charge in [0.05, 0.1) is 7.11 Å². The largest absolute Gasteiger partial charge is 0.469 e. The van der Waals surface area contributed by atoms with Crippen LogP contribution in [0.4, 0.5) is 0 Å². The van der Waals surface area contributed by atoms with Gasteiger partial charge < -0.3 is 14.8 Å². The number of methoxy groups -OCH3 is 1. The summed E-state index contributed by atoms with van der Waals surface area (Å²) < 4.78 is 9.80. The molecule has 1 heterocycles. The Morgan fingerprint density at radius 2 is 2.18 bits per heavy atom. The van der Waals surface area contributed by atoms with Crippen LogP contribution in [0, 0.1) is 0 Å². The van der Waals surface area contributed by atoms with E-state index in [1.54, 1.807) is 0 Å². The summed E-state index contributed by atoms with van der Waals surface area (Å²) in [6.07, 6.45) is 4.62. The molecule has 0 radical (unpaired) electrons. The number of rotatable bonds is 7. The first-order valence-electron chi connectivity index (χ1n) is 6.20. The molecule has 1 N–H and O–H groups in total. The zero-order valence-electron chi connectivity index (χ0n) is 10.4. The van der Waals surface area contributed by atoms with Crippen molar-refractivity contribution < 1.29 is 19.1 Å². The minimum atomic E-state index is -0.245. The van der Waals surface area contributed by atoms with E-state index >= 15 is 0 Å². The number of carbonyl (C=O) groups excluding carboxylic acids is 2. The third kappa shape index (κ3) is 5.68. The van der Waals surface area contributed by atoms with Crippen LogP contribution in [-0.4, -0.2) is 38.2 Å². The maximum atomic E-state index is 11.5. The van der Waals surface area contributed by atoms with Crippen molar-refractivity contribution in [1.82, 2.24) is 5.32 Å². The van der Waals surface area contributed by atoms with Gasteiger partial charge in [-0.05, 0) is 25.7 Å². The first-order chi connectivity index (χ1) is 8.24. The first kappa shape index (κ1) is 14.0. The quantitative estimate of drug-likeness (QED) is 0.535. The van der Waals surface area contributed by atoms with Crippen molar-refractivity contribution in [3.8, 4) is 0 Å². The summed E-state index contributed by atoms with van der Waals surface area (Å²) in [7, 11) is 1.39. The van der Waals surface area contributed by atoms with Crippen molar-refractivity contribution in [3.05, 3.63) is 0 Å². The van der Waals surface area contributed by atoms with Crippen LogP contribution in [0.3, 0.4) is 0 Å².